The van der Waals surface area contributed by atoms with Crippen LogP contribution < -0.4 is 21.7 Å². The maximum absolute atomic E-state index is 14.0. The number of carbonyl (C=O) groups excluding carboxylic acids is 6. The van der Waals surface area contributed by atoms with Crippen molar-refractivity contribution < 1.29 is 57.9 Å². The van der Waals surface area contributed by atoms with Crippen LogP contribution in [0, 0.1) is 11.8 Å². The molecular formula is C40H54N4O12. The highest BCUT2D eigenvalue weighted by molar-refractivity contribution is 6.24. The minimum Gasteiger partial charge on any atom is -0.493 e. The second-order valence-electron chi connectivity index (χ2n) is 13.9. The van der Waals surface area contributed by atoms with Gasteiger partial charge in [0.2, 0.25) is 23.1 Å². The second-order valence-corrected chi connectivity index (χ2v) is 13.9. The molecule has 0 fully saturated rings. The van der Waals surface area contributed by atoms with Crippen molar-refractivity contribution in [2.45, 2.75) is 77.8 Å². The highest BCUT2D eigenvalue weighted by atomic mass is 16.6. The molecule has 0 saturated carbocycles. The van der Waals surface area contributed by atoms with E-state index in [2.05, 4.69) is 16.0 Å². The van der Waals surface area contributed by atoms with E-state index < -0.39 is 72.1 Å². The number of fused-ring (bicyclic) bond motifs is 2. The lowest BCUT2D eigenvalue weighted by Gasteiger charge is -2.30. The van der Waals surface area contributed by atoms with Crippen molar-refractivity contribution in [3.63, 3.8) is 0 Å². The maximum atomic E-state index is 14.0. The highest BCUT2D eigenvalue weighted by Gasteiger charge is 2.34. The predicted molar refractivity (Wildman–Crippen MR) is 204 cm³/mol. The number of primary amides is 1. The number of ketones is 4. The largest absolute Gasteiger partial charge is 0.493 e. The Hall–Kier alpha value is -5.16. The quantitative estimate of drug-likeness (QED) is 0.0938. The number of carbonyl (C=O) groups is 6. The zero-order valence-corrected chi connectivity index (χ0v) is 32.9. The molecule has 0 aromatic heterocycles. The molecule has 16 nitrogen and oxygen atoms in total. The van der Waals surface area contributed by atoms with Crippen LogP contribution in [0.25, 0.3) is 0 Å². The number of hydrogen-bond donors (Lipinski definition) is 6. The standard InChI is InChI=1S/C40H54N4O12/c1-21-15-25-33(42-13-8-9-14-43-34-26(20-45)37(50)32(55-7)19-29(34)47)28(46)18-27(36(25)49)44-39(51)22(2)11-10-12-30(53-5)38(56-40(41)52)24(4)17-23(3)35(48)31(16-21)54-6/h10-12,17-19,21,23,30-31,35,38,42-43,45,48H,8-9,13-16,20H2,1-7H3,(H2,41,52)(H,44,51)/b12-10-,22-11+,24-17+/t21-,23+,30?,31+,35-,38+/m1/s1. The number of methoxy groups -OCH3 is 3. The SMILES string of the molecule is COC1=CC(=O)C(NCCCCNC2=C3C[C@@H](C)C[C@H](OC)[C@H](O)[C@@H](C)/C=C(\C)[C@H](OC(N)=O)C(OC)/C=C\C=C(/C)C(=O)NC(=CC2=O)C3=O)=C(CO)C1=O. The van der Waals surface area contributed by atoms with Gasteiger partial charge in [-0.2, -0.15) is 0 Å². The minimum atomic E-state index is -1.03. The van der Waals surface area contributed by atoms with Crippen molar-refractivity contribution in [2.75, 3.05) is 41.0 Å². The molecule has 0 radical (unpaired) electrons. The van der Waals surface area contributed by atoms with E-state index in [4.69, 9.17) is 24.7 Å². The van der Waals surface area contributed by atoms with Crippen LogP contribution in [0.1, 0.15) is 53.4 Å². The van der Waals surface area contributed by atoms with Gasteiger partial charge in [0, 0.05) is 56.5 Å². The molecule has 56 heavy (non-hydrogen) atoms. The summed E-state index contributed by atoms with van der Waals surface area (Å²) in [5.41, 5.74) is 6.07. The van der Waals surface area contributed by atoms with Gasteiger partial charge in [0.05, 0.1) is 48.6 Å². The number of rotatable bonds is 12. The van der Waals surface area contributed by atoms with Gasteiger partial charge in [-0.15, -0.1) is 0 Å². The van der Waals surface area contributed by atoms with E-state index in [0.717, 1.165) is 12.2 Å². The van der Waals surface area contributed by atoms with Crippen molar-refractivity contribution in [2.24, 2.45) is 17.6 Å². The van der Waals surface area contributed by atoms with Crippen LogP contribution in [-0.4, -0.2) is 111 Å². The Morgan fingerprint density at radius 3 is 2.18 bits per heavy atom. The van der Waals surface area contributed by atoms with Gasteiger partial charge in [-0.3, -0.25) is 24.0 Å². The van der Waals surface area contributed by atoms with Crippen molar-refractivity contribution in [3.8, 4) is 0 Å². The summed E-state index contributed by atoms with van der Waals surface area (Å²) in [6, 6.07) is 0. The molecule has 3 aliphatic rings. The number of hydrogen-bond acceptors (Lipinski definition) is 14. The van der Waals surface area contributed by atoms with E-state index in [0.29, 0.717) is 18.4 Å². The Kier molecular flexibility index (Phi) is 17.1. The molecule has 0 spiro atoms. The third-order valence-corrected chi connectivity index (χ3v) is 9.69. The molecule has 3 rings (SSSR count). The van der Waals surface area contributed by atoms with Gasteiger partial charge in [-0.05, 0) is 51.0 Å². The Balaban J connectivity index is 1.88. The van der Waals surface area contributed by atoms with Crippen molar-refractivity contribution in [1.29, 1.82) is 0 Å². The number of ether oxygens (including phenoxy) is 4. The van der Waals surface area contributed by atoms with Crippen molar-refractivity contribution >= 4 is 35.1 Å². The molecule has 0 saturated heterocycles. The lowest BCUT2D eigenvalue weighted by molar-refractivity contribution is -0.120. The summed E-state index contributed by atoms with van der Waals surface area (Å²) in [7, 11) is 4.13. The average Bonchev–Trinajstić information content (AvgIpc) is 3.15. The van der Waals surface area contributed by atoms with Crippen LogP contribution in [0.15, 0.2) is 81.6 Å². The Morgan fingerprint density at radius 2 is 1.59 bits per heavy atom. The molecule has 1 heterocycles. The fraction of sp³-hybridized carbons (Fsp3) is 0.500. The van der Waals surface area contributed by atoms with Gasteiger partial charge in [0.1, 0.15) is 6.10 Å². The Labute approximate surface area is 326 Å². The summed E-state index contributed by atoms with van der Waals surface area (Å²) in [6.45, 7) is 6.75. The lowest BCUT2D eigenvalue weighted by Crippen LogP contribution is -2.38. The van der Waals surface area contributed by atoms with Crippen molar-refractivity contribution in [1.82, 2.24) is 16.0 Å². The molecule has 6 atom stereocenters. The summed E-state index contributed by atoms with van der Waals surface area (Å²) >= 11 is 0. The third-order valence-electron chi connectivity index (χ3n) is 9.69. The van der Waals surface area contributed by atoms with Gasteiger partial charge < -0.3 is 50.8 Å². The zero-order valence-electron chi connectivity index (χ0n) is 32.9. The maximum Gasteiger partial charge on any atom is 0.405 e. The molecule has 2 bridgehead atoms. The van der Waals surface area contributed by atoms with Gasteiger partial charge in [0.15, 0.2) is 11.9 Å². The third kappa shape index (κ3) is 11.7. The van der Waals surface area contributed by atoms with Gasteiger partial charge in [-0.25, -0.2) is 4.79 Å². The van der Waals surface area contributed by atoms with Gasteiger partial charge in [0.25, 0.3) is 5.91 Å². The van der Waals surface area contributed by atoms with Gasteiger partial charge >= 0.3 is 6.09 Å². The summed E-state index contributed by atoms with van der Waals surface area (Å²) in [5.74, 6) is -3.73. The van der Waals surface area contributed by atoms with Gasteiger partial charge in [-0.1, -0.05) is 38.2 Å². The van der Waals surface area contributed by atoms with Crippen molar-refractivity contribution in [3.05, 3.63) is 81.6 Å². The van der Waals surface area contributed by atoms with E-state index in [9.17, 15) is 39.0 Å². The zero-order chi connectivity index (χ0) is 41.7. The Bertz CT molecular complexity index is 1770. The van der Waals surface area contributed by atoms with Crippen LogP contribution in [0.4, 0.5) is 4.79 Å². The summed E-state index contributed by atoms with van der Waals surface area (Å²) in [6.07, 6.45) is 5.24. The topological polar surface area (TPSA) is 242 Å². The molecule has 2 amide bonds. The van der Waals surface area contributed by atoms with E-state index in [1.807, 2.05) is 6.92 Å². The Morgan fingerprint density at radius 1 is 0.946 bits per heavy atom. The van der Waals surface area contributed by atoms with E-state index in [-0.39, 0.29) is 71.4 Å². The first-order valence-electron chi connectivity index (χ1n) is 18.3. The van der Waals surface area contributed by atoms with Crippen LogP contribution in [0.5, 0.6) is 0 Å². The minimum absolute atomic E-state index is 0.00710. The number of unbranched alkanes of at least 4 members (excludes halogenated alkanes) is 1. The average molecular weight is 783 g/mol. The molecule has 1 aliphatic heterocycles. The predicted octanol–water partition coefficient (Wildman–Crippen LogP) is 1.65. The van der Waals surface area contributed by atoms with E-state index >= 15 is 0 Å². The van der Waals surface area contributed by atoms with E-state index in [1.165, 1.54) is 40.4 Å². The molecule has 16 heteroatoms. The van der Waals surface area contributed by atoms with Crippen LogP contribution in [-0.2, 0) is 42.9 Å². The second kappa shape index (κ2) is 21.2. The normalized spacial score (nSPS) is 28.3. The first-order valence-corrected chi connectivity index (χ1v) is 18.3. The monoisotopic (exact) mass is 782 g/mol. The highest BCUT2D eigenvalue weighted by Crippen LogP contribution is 2.29. The van der Waals surface area contributed by atoms with E-state index in [1.54, 1.807) is 26.0 Å². The fourth-order valence-corrected chi connectivity index (χ4v) is 6.62. The summed E-state index contributed by atoms with van der Waals surface area (Å²) in [5, 5.41) is 29.7. The number of aliphatic hydroxyl groups excluding tert-OH is 2. The molecule has 2 aliphatic carbocycles. The summed E-state index contributed by atoms with van der Waals surface area (Å²) < 4.78 is 21.6. The number of nitrogens with one attached hydrogen (secondary N) is 3. The summed E-state index contributed by atoms with van der Waals surface area (Å²) in [4.78, 5) is 77.6. The first-order chi connectivity index (χ1) is 26.6. The fourth-order valence-electron chi connectivity index (χ4n) is 6.62. The molecule has 306 valence electrons. The number of amides is 2. The van der Waals surface area contributed by atoms with Crippen LogP contribution in [0.2, 0.25) is 0 Å². The number of allylic oxidation sites excluding steroid dienone is 6. The van der Waals surface area contributed by atoms with Crippen LogP contribution >= 0.6 is 0 Å². The molecule has 0 aromatic carbocycles. The lowest BCUT2D eigenvalue weighted by atomic mass is 9.85. The number of aliphatic hydroxyl groups is 2. The first kappa shape index (κ1) is 45.2. The number of nitrogens with two attached hydrogens (primary N) is 1. The molecule has 1 unspecified atom stereocenters. The molecular weight excluding hydrogens is 728 g/mol. The smallest absolute Gasteiger partial charge is 0.405 e. The molecule has 0 aromatic rings. The number of Topliss-reactive ketones (excluding diaryl/α,β-unsaturated/α-hetero) is 2. The van der Waals surface area contributed by atoms with Crippen LogP contribution in [0.3, 0.4) is 0 Å². The molecule has 7 N–H and O–H groups in total.